The molecule has 35 heavy (non-hydrogen) atoms. The van der Waals surface area contributed by atoms with Crippen LogP contribution in [-0.4, -0.2) is 58.7 Å². The molecule has 0 spiro atoms. The fraction of sp³-hybridized carbons (Fsp3) is 0.926. The van der Waals surface area contributed by atoms with E-state index in [0.29, 0.717) is 33.5 Å². The maximum Gasteiger partial charge on any atom is 0.303 e. The minimum Gasteiger partial charge on any atom is -0.481 e. The van der Waals surface area contributed by atoms with Gasteiger partial charge in [0.15, 0.2) is 0 Å². The molecule has 4 aliphatic rings. The lowest BCUT2D eigenvalue weighted by molar-refractivity contribution is -0.202. The molecule has 200 valence electrons. The molecule has 8 heteroatoms. The number of fused-ring (bicyclic) bond motifs is 5. The number of aliphatic hydroxyl groups excluding tert-OH is 2. The molecular formula is C27H47N2O5P. The summed E-state index contributed by atoms with van der Waals surface area (Å²) in [5.74, 6) is 0.958. The molecule has 12 atom stereocenters. The highest BCUT2D eigenvalue weighted by atomic mass is 31.1. The molecule has 0 saturated heterocycles. The van der Waals surface area contributed by atoms with Crippen molar-refractivity contribution >= 4 is 20.6 Å². The molecule has 0 bridgehead atoms. The van der Waals surface area contributed by atoms with Gasteiger partial charge in [0.25, 0.3) is 0 Å². The third kappa shape index (κ3) is 4.92. The third-order valence-corrected chi connectivity index (χ3v) is 11.7. The van der Waals surface area contributed by atoms with E-state index < -0.39 is 12.1 Å². The molecule has 0 radical (unpaired) electrons. The summed E-state index contributed by atoms with van der Waals surface area (Å²) < 4.78 is 0. The second kappa shape index (κ2) is 10.6. The van der Waals surface area contributed by atoms with Gasteiger partial charge < -0.3 is 20.6 Å². The van der Waals surface area contributed by atoms with Crippen LogP contribution in [-0.2, 0) is 9.59 Å². The number of nitrogens with one attached hydrogen (secondary N) is 2. The maximum atomic E-state index is 12.3. The average molecular weight is 511 g/mol. The van der Waals surface area contributed by atoms with Crippen molar-refractivity contribution in [1.29, 1.82) is 0 Å². The first kappa shape index (κ1) is 27.3. The molecular weight excluding hydrogens is 463 g/mol. The van der Waals surface area contributed by atoms with Crippen molar-refractivity contribution in [1.82, 2.24) is 10.4 Å². The van der Waals surface area contributed by atoms with E-state index >= 15 is 0 Å². The molecule has 0 aromatic heterocycles. The Hall–Kier alpha value is -0.750. The second-order valence-corrected chi connectivity index (χ2v) is 13.5. The van der Waals surface area contributed by atoms with Crippen molar-refractivity contribution in [2.45, 2.75) is 96.8 Å². The second-order valence-electron chi connectivity index (χ2n) is 12.6. The number of carboxylic acid groups (broad SMARTS) is 1. The molecule has 4 rings (SSSR count). The van der Waals surface area contributed by atoms with Gasteiger partial charge in [-0.3, -0.25) is 14.7 Å². The Morgan fingerprint density at radius 3 is 2.51 bits per heavy atom. The van der Waals surface area contributed by atoms with E-state index in [-0.39, 0.29) is 59.0 Å². The zero-order valence-corrected chi connectivity index (χ0v) is 22.9. The third-order valence-electron chi connectivity index (χ3n) is 11.2. The van der Waals surface area contributed by atoms with E-state index in [1.165, 1.54) is 0 Å². The summed E-state index contributed by atoms with van der Waals surface area (Å²) in [6.07, 6.45) is 6.44. The summed E-state index contributed by atoms with van der Waals surface area (Å²) >= 11 is 0. The van der Waals surface area contributed by atoms with Crippen LogP contribution in [0.5, 0.6) is 0 Å². The van der Waals surface area contributed by atoms with Gasteiger partial charge in [-0.1, -0.05) is 29.5 Å². The lowest BCUT2D eigenvalue weighted by atomic mass is 9.43. The predicted molar refractivity (Wildman–Crippen MR) is 138 cm³/mol. The Bertz CT molecular complexity index is 798. The first-order valence-corrected chi connectivity index (χ1v) is 15.3. The normalized spacial score (nSPS) is 46.0. The van der Waals surface area contributed by atoms with Crippen LogP contribution in [0, 0.1) is 46.3 Å². The Labute approximate surface area is 212 Å². The van der Waals surface area contributed by atoms with E-state index in [2.05, 4.69) is 31.2 Å². The largest absolute Gasteiger partial charge is 0.481 e. The van der Waals surface area contributed by atoms with Gasteiger partial charge in [-0.05, 0) is 104 Å². The van der Waals surface area contributed by atoms with Gasteiger partial charge in [-0.25, -0.2) is 0 Å². The number of carboxylic acids is 1. The number of aliphatic hydroxyl groups is 2. The number of rotatable bonds is 8. The minimum atomic E-state index is -0.753. The molecule has 0 heterocycles. The van der Waals surface area contributed by atoms with E-state index in [1.807, 2.05) is 6.66 Å². The van der Waals surface area contributed by atoms with Crippen LogP contribution in [0.25, 0.3) is 0 Å². The molecule has 1 amide bonds. The molecule has 0 aromatic rings. The molecule has 1 unspecified atom stereocenters. The van der Waals surface area contributed by atoms with Crippen molar-refractivity contribution in [2.24, 2.45) is 46.3 Å². The summed E-state index contributed by atoms with van der Waals surface area (Å²) in [6.45, 7) is 9.15. The number of hydrogen-bond acceptors (Lipinski definition) is 5. The van der Waals surface area contributed by atoms with Crippen LogP contribution in [0.15, 0.2) is 0 Å². The van der Waals surface area contributed by atoms with Crippen molar-refractivity contribution in [2.75, 3.05) is 13.2 Å². The van der Waals surface area contributed by atoms with Crippen LogP contribution in [0.4, 0.5) is 0 Å². The summed E-state index contributed by atoms with van der Waals surface area (Å²) in [7, 11) is 0.551. The van der Waals surface area contributed by atoms with Crippen LogP contribution in [0.1, 0.15) is 78.6 Å². The lowest BCUT2D eigenvalue weighted by Crippen LogP contribution is -2.63. The van der Waals surface area contributed by atoms with Gasteiger partial charge in [0.05, 0.1) is 18.8 Å². The van der Waals surface area contributed by atoms with E-state index in [9.17, 15) is 24.9 Å². The van der Waals surface area contributed by atoms with Gasteiger partial charge in [0, 0.05) is 12.5 Å². The highest BCUT2D eigenvalue weighted by Crippen LogP contribution is 2.68. The van der Waals surface area contributed by atoms with E-state index in [4.69, 9.17) is 0 Å². The van der Waals surface area contributed by atoms with Crippen LogP contribution >= 0.6 is 8.73 Å². The number of carbonyl (C=O) groups excluding carboxylic acids is 1. The van der Waals surface area contributed by atoms with Gasteiger partial charge in [0.2, 0.25) is 5.91 Å². The van der Waals surface area contributed by atoms with E-state index in [1.54, 1.807) is 0 Å². The van der Waals surface area contributed by atoms with Gasteiger partial charge in [-0.2, -0.15) is 0 Å². The lowest BCUT2D eigenvalue weighted by Gasteiger charge is -2.63. The van der Waals surface area contributed by atoms with Gasteiger partial charge in [0.1, 0.15) is 0 Å². The number of hydrogen-bond donors (Lipinski definition) is 5. The topological polar surface area (TPSA) is 119 Å². The quantitative estimate of drug-likeness (QED) is 0.320. The predicted octanol–water partition coefficient (Wildman–Crippen LogP) is 3.39. The number of aliphatic carboxylic acids is 1. The summed E-state index contributed by atoms with van der Waals surface area (Å²) in [4.78, 5) is 23.5. The SMILES string of the molecule is CPNCC(=O)N[C@H]1CC[C@@]2(C)[C@@H](C1)C[C@@H](O)[C@@H]1[C@@H]2C[C@H](O)[C@]2(C)[C@@H]([C@H](C)CCC(=O)O)CC[C@@H]12. The molecule has 4 saturated carbocycles. The summed E-state index contributed by atoms with van der Waals surface area (Å²) in [5, 5.41) is 38.7. The molecule has 7 nitrogen and oxygen atoms in total. The molecule has 0 aromatic carbocycles. The number of amides is 1. The Morgan fingerprint density at radius 2 is 1.83 bits per heavy atom. The van der Waals surface area contributed by atoms with E-state index in [0.717, 1.165) is 44.9 Å². The summed E-state index contributed by atoms with van der Waals surface area (Å²) in [6, 6.07) is 0.163. The highest BCUT2D eigenvalue weighted by molar-refractivity contribution is 7.34. The van der Waals surface area contributed by atoms with Crippen molar-refractivity contribution in [3.05, 3.63) is 0 Å². The summed E-state index contributed by atoms with van der Waals surface area (Å²) in [5.41, 5.74) is -0.190. The molecule has 4 aliphatic carbocycles. The average Bonchev–Trinajstić information content (AvgIpc) is 3.16. The van der Waals surface area contributed by atoms with Crippen molar-refractivity contribution in [3.63, 3.8) is 0 Å². The smallest absolute Gasteiger partial charge is 0.303 e. The number of carbonyl (C=O) groups is 2. The van der Waals surface area contributed by atoms with Crippen LogP contribution in [0.2, 0.25) is 0 Å². The molecule has 5 N–H and O–H groups in total. The Morgan fingerprint density at radius 1 is 1.09 bits per heavy atom. The molecule has 0 aliphatic heterocycles. The zero-order valence-electron chi connectivity index (χ0n) is 21.9. The van der Waals surface area contributed by atoms with Gasteiger partial charge >= 0.3 is 5.97 Å². The molecule has 4 fully saturated rings. The highest BCUT2D eigenvalue weighted by Gasteiger charge is 2.65. The monoisotopic (exact) mass is 510 g/mol. The van der Waals surface area contributed by atoms with Crippen LogP contribution in [0.3, 0.4) is 0 Å². The fourth-order valence-corrected chi connectivity index (χ4v) is 9.62. The van der Waals surface area contributed by atoms with Crippen molar-refractivity contribution in [3.8, 4) is 0 Å². The van der Waals surface area contributed by atoms with Crippen molar-refractivity contribution < 1.29 is 24.9 Å². The minimum absolute atomic E-state index is 0.0556. The van der Waals surface area contributed by atoms with Crippen LogP contribution < -0.4 is 10.4 Å². The first-order chi connectivity index (χ1) is 16.5. The van der Waals surface area contributed by atoms with Gasteiger partial charge in [-0.15, -0.1) is 0 Å². The Balaban J connectivity index is 1.49. The zero-order chi connectivity index (χ0) is 25.5. The standard InChI is InChI=1S/C27H47N2O5P/c1-15(5-8-24(33)34)18-6-7-19-25-20(13-22(31)27(18,19)3)26(2)10-9-17(11-16(26)12-21(25)30)29-23(32)14-28-35-4/h15-22,25,28,30-31,35H,5-14H2,1-4H3,(H,29,32)(H,33,34)/t15-,16+,17+,18-,19+,20+,21-,22+,25+,26+,27-/m1/s1. The Kier molecular flexibility index (Phi) is 8.23. The first-order valence-electron chi connectivity index (χ1n) is 13.8. The fourth-order valence-electron chi connectivity index (χ4n) is 9.29. The maximum absolute atomic E-state index is 12.3.